The first-order valence-electron chi connectivity index (χ1n) is 3.79. The van der Waals surface area contributed by atoms with Crippen molar-refractivity contribution in [2.45, 2.75) is 6.04 Å². The topological polar surface area (TPSA) is 69.0 Å². The molecule has 1 aromatic carbocycles. The van der Waals surface area contributed by atoms with Gasteiger partial charge in [-0.15, -0.1) is 0 Å². The lowest BCUT2D eigenvalue weighted by Crippen LogP contribution is -2.00. The average molecular weight is 260 g/mol. The van der Waals surface area contributed by atoms with E-state index in [1.165, 1.54) is 12.1 Å². The van der Waals surface area contributed by atoms with Crippen LogP contribution in [0.15, 0.2) is 27.8 Å². The molecule has 0 aliphatic carbocycles. The van der Waals surface area contributed by atoms with Crippen LogP contribution in [0.3, 0.4) is 0 Å². The number of aliphatic hydroxyl groups is 1. The Labute approximate surface area is 88.1 Å². The average Bonchev–Trinajstić information content (AvgIpc) is 2.19. The first kappa shape index (κ1) is 11.0. The number of halogens is 2. The maximum absolute atomic E-state index is 13.1. The second kappa shape index (κ2) is 4.95. The Morgan fingerprint density at radius 2 is 2.36 bits per heavy atom. The van der Waals surface area contributed by atoms with Crippen molar-refractivity contribution in [2.24, 2.45) is 5.11 Å². The minimum atomic E-state index is -0.734. The van der Waals surface area contributed by atoms with Crippen LogP contribution in [0, 0.1) is 5.82 Å². The normalized spacial score (nSPS) is 11.9. The zero-order valence-electron chi connectivity index (χ0n) is 7.06. The van der Waals surface area contributed by atoms with Crippen LogP contribution in [-0.2, 0) is 0 Å². The number of benzene rings is 1. The Balaban J connectivity index is 3.05. The van der Waals surface area contributed by atoms with Crippen LogP contribution in [-0.4, -0.2) is 11.7 Å². The van der Waals surface area contributed by atoms with Gasteiger partial charge >= 0.3 is 0 Å². The van der Waals surface area contributed by atoms with E-state index >= 15 is 0 Å². The molecule has 0 fully saturated rings. The summed E-state index contributed by atoms with van der Waals surface area (Å²) < 4.78 is 13.4. The van der Waals surface area contributed by atoms with Crippen molar-refractivity contribution in [1.82, 2.24) is 0 Å². The summed E-state index contributed by atoms with van der Waals surface area (Å²) in [6.07, 6.45) is 0. The lowest BCUT2D eigenvalue weighted by Gasteiger charge is -2.07. The van der Waals surface area contributed by atoms with Gasteiger partial charge in [-0.3, -0.25) is 0 Å². The first-order valence-corrected chi connectivity index (χ1v) is 4.58. The molecular formula is C8H7BrFN3O. The number of hydrogen-bond acceptors (Lipinski definition) is 2. The predicted molar refractivity (Wildman–Crippen MR) is 53.1 cm³/mol. The molecule has 0 aliphatic rings. The lowest BCUT2D eigenvalue weighted by molar-refractivity contribution is 0.267. The minimum absolute atomic E-state index is 0.332. The van der Waals surface area contributed by atoms with Crippen LogP contribution in [0.25, 0.3) is 10.4 Å². The minimum Gasteiger partial charge on any atom is -0.396 e. The van der Waals surface area contributed by atoms with Crippen molar-refractivity contribution in [2.75, 3.05) is 6.61 Å². The molecule has 0 aromatic heterocycles. The summed E-state index contributed by atoms with van der Waals surface area (Å²) in [4.78, 5) is 2.57. The molecular weight excluding hydrogens is 253 g/mol. The van der Waals surface area contributed by atoms with Gasteiger partial charge in [0.1, 0.15) is 5.82 Å². The monoisotopic (exact) mass is 259 g/mol. The molecule has 0 amide bonds. The van der Waals surface area contributed by atoms with Gasteiger partial charge in [0.05, 0.1) is 17.1 Å². The highest BCUT2D eigenvalue weighted by Crippen LogP contribution is 2.22. The van der Waals surface area contributed by atoms with E-state index in [1.54, 1.807) is 6.07 Å². The first-order chi connectivity index (χ1) is 6.69. The van der Waals surface area contributed by atoms with E-state index in [4.69, 9.17) is 10.6 Å². The van der Waals surface area contributed by atoms with Crippen molar-refractivity contribution in [3.63, 3.8) is 0 Å². The van der Waals surface area contributed by atoms with Gasteiger partial charge in [-0.1, -0.05) is 11.2 Å². The fourth-order valence-electron chi connectivity index (χ4n) is 0.991. The van der Waals surface area contributed by atoms with Crippen molar-refractivity contribution in [1.29, 1.82) is 0 Å². The molecule has 4 nitrogen and oxygen atoms in total. The third-order valence-electron chi connectivity index (χ3n) is 1.69. The largest absolute Gasteiger partial charge is 0.396 e. The van der Waals surface area contributed by atoms with E-state index < -0.39 is 11.9 Å². The molecule has 1 N–H and O–H groups in total. The fraction of sp³-hybridized carbons (Fsp3) is 0.250. The lowest BCUT2D eigenvalue weighted by atomic mass is 10.1. The smallest absolute Gasteiger partial charge is 0.137 e. The molecule has 0 radical (unpaired) electrons. The van der Waals surface area contributed by atoms with Gasteiger partial charge in [-0.2, -0.15) is 0 Å². The van der Waals surface area contributed by atoms with Crippen LogP contribution in [0.1, 0.15) is 11.6 Å². The molecule has 0 heterocycles. The van der Waals surface area contributed by atoms with Gasteiger partial charge in [0.15, 0.2) is 0 Å². The molecule has 0 spiro atoms. The zero-order valence-corrected chi connectivity index (χ0v) is 8.65. The van der Waals surface area contributed by atoms with E-state index in [0.29, 0.717) is 10.0 Å². The molecule has 0 aliphatic heterocycles. The fourth-order valence-corrected chi connectivity index (χ4v) is 1.24. The van der Waals surface area contributed by atoms with E-state index in [1.807, 2.05) is 0 Å². The predicted octanol–water partition coefficient (Wildman–Crippen LogP) is 2.93. The van der Waals surface area contributed by atoms with Gasteiger partial charge in [0.25, 0.3) is 0 Å². The molecule has 0 saturated carbocycles. The standard InChI is InChI=1S/C8H7BrFN3O/c9-6-2-1-5(3-7(6)10)8(4-14)12-13-11/h1-3,8,14H,4H2. The van der Waals surface area contributed by atoms with Crippen molar-refractivity contribution >= 4 is 15.9 Å². The molecule has 1 unspecified atom stereocenters. The Morgan fingerprint density at radius 3 is 2.86 bits per heavy atom. The zero-order chi connectivity index (χ0) is 10.6. The SMILES string of the molecule is [N-]=[N+]=NC(CO)c1ccc(Br)c(F)c1. The second-order valence-electron chi connectivity index (χ2n) is 2.58. The summed E-state index contributed by atoms with van der Waals surface area (Å²) in [7, 11) is 0. The maximum Gasteiger partial charge on any atom is 0.137 e. The number of azide groups is 1. The summed E-state index contributed by atoms with van der Waals surface area (Å²) in [5, 5.41) is 12.2. The van der Waals surface area contributed by atoms with Crippen LogP contribution in [0.4, 0.5) is 4.39 Å². The highest BCUT2D eigenvalue weighted by molar-refractivity contribution is 9.10. The van der Waals surface area contributed by atoms with E-state index in [-0.39, 0.29) is 6.61 Å². The summed E-state index contributed by atoms with van der Waals surface area (Å²) in [6.45, 7) is -0.342. The van der Waals surface area contributed by atoms with E-state index in [9.17, 15) is 4.39 Å². The van der Waals surface area contributed by atoms with Crippen molar-refractivity contribution in [3.05, 3.63) is 44.5 Å². The maximum atomic E-state index is 13.1. The molecule has 1 rings (SSSR count). The quantitative estimate of drug-likeness (QED) is 0.506. The van der Waals surface area contributed by atoms with Gasteiger partial charge in [0, 0.05) is 4.91 Å². The van der Waals surface area contributed by atoms with E-state index in [2.05, 4.69) is 26.0 Å². The highest BCUT2D eigenvalue weighted by Gasteiger charge is 2.09. The second-order valence-corrected chi connectivity index (χ2v) is 3.43. The number of aliphatic hydroxyl groups excluding tert-OH is 1. The molecule has 6 heteroatoms. The third-order valence-corrected chi connectivity index (χ3v) is 2.34. The van der Waals surface area contributed by atoms with Gasteiger partial charge < -0.3 is 5.11 Å². The molecule has 14 heavy (non-hydrogen) atoms. The number of hydrogen-bond donors (Lipinski definition) is 1. The third kappa shape index (κ3) is 2.45. The van der Waals surface area contributed by atoms with Crippen LogP contribution in [0.2, 0.25) is 0 Å². The molecule has 1 aromatic rings. The molecule has 0 saturated heterocycles. The Kier molecular flexibility index (Phi) is 3.88. The summed E-state index contributed by atoms with van der Waals surface area (Å²) in [6, 6.07) is 3.57. The number of nitrogens with zero attached hydrogens (tertiary/aromatic N) is 3. The summed E-state index contributed by atoms with van der Waals surface area (Å²) >= 11 is 3.00. The molecule has 1 atom stereocenters. The van der Waals surface area contributed by atoms with Crippen LogP contribution >= 0.6 is 15.9 Å². The van der Waals surface area contributed by atoms with Gasteiger partial charge in [0.2, 0.25) is 0 Å². The Morgan fingerprint density at radius 1 is 1.64 bits per heavy atom. The summed E-state index contributed by atoms with van der Waals surface area (Å²) in [5.41, 5.74) is 8.65. The van der Waals surface area contributed by atoms with Crippen molar-refractivity contribution in [3.8, 4) is 0 Å². The van der Waals surface area contributed by atoms with Crippen LogP contribution in [0.5, 0.6) is 0 Å². The van der Waals surface area contributed by atoms with E-state index in [0.717, 1.165) is 0 Å². The van der Waals surface area contributed by atoms with Crippen molar-refractivity contribution < 1.29 is 9.50 Å². The van der Waals surface area contributed by atoms with Gasteiger partial charge in [-0.25, -0.2) is 4.39 Å². The number of rotatable bonds is 3. The Bertz CT molecular complexity index is 379. The van der Waals surface area contributed by atoms with Gasteiger partial charge in [-0.05, 0) is 39.2 Å². The molecule has 74 valence electrons. The Hall–Kier alpha value is -1.10. The highest BCUT2D eigenvalue weighted by atomic mass is 79.9. The molecule has 0 bridgehead atoms. The summed E-state index contributed by atoms with van der Waals surface area (Å²) in [5.74, 6) is -0.450. The van der Waals surface area contributed by atoms with Crippen LogP contribution < -0.4 is 0 Å².